The molecule has 0 amide bonds. The van der Waals surface area contributed by atoms with Crippen molar-refractivity contribution in [3.8, 4) is 0 Å². The molecule has 0 saturated heterocycles. The first-order valence-electron chi connectivity index (χ1n) is 6.78. The zero-order chi connectivity index (χ0) is 11.8. The Balaban J connectivity index is 1.55. The Kier molecular flexibility index (Phi) is 2.81. The summed E-state index contributed by atoms with van der Waals surface area (Å²) in [7, 11) is 0. The van der Waals surface area contributed by atoms with Crippen molar-refractivity contribution >= 4 is 5.97 Å². The summed E-state index contributed by atoms with van der Waals surface area (Å²) in [4.78, 5) is 10.7. The van der Waals surface area contributed by atoms with Crippen LogP contribution >= 0.6 is 0 Å². The molecule has 1 N–H and O–H groups in total. The van der Waals surface area contributed by atoms with Gasteiger partial charge < -0.3 is 5.11 Å². The molecule has 1 fully saturated rings. The minimum atomic E-state index is -0.629. The molecule has 0 heterocycles. The molecule has 2 heteroatoms. The van der Waals surface area contributed by atoms with Crippen LogP contribution in [0.5, 0.6) is 0 Å². The van der Waals surface area contributed by atoms with Crippen LogP contribution in [0.1, 0.15) is 38.5 Å². The highest BCUT2D eigenvalue weighted by atomic mass is 16.4. The van der Waals surface area contributed by atoms with Gasteiger partial charge in [0.1, 0.15) is 0 Å². The van der Waals surface area contributed by atoms with Gasteiger partial charge in [0.15, 0.2) is 0 Å². The minimum absolute atomic E-state index is 0.371. The van der Waals surface area contributed by atoms with Gasteiger partial charge in [-0.1, -0.05) is 23.8 Å². The second-order valence-electron chi connectivity index (χ2n) is 5.97. The van der Waals surface area contributed by atoms with Crippen LogP contribution in [-0.4, -0.2) is 11.1 Å². The standard InChI is InChI=1S/C15H20O2/c16-15(17)9-13-8-12-6-11(7-14(12)13)5-10-3-1-2-4-10/h1-2,7,10,12-14H,3-6,8-9H2,(H,16,17)/t12-,13?,14?/m1/s1. The Hall–Kier alpha value is -1.05. The summed E-state index contributed by atoms with van der Waals surface area (Å²) < 4.78 is 0. The van der Waals surface area contributed by atoms with Crippen LogP contribution < -0.4 is 0 Å². The molecule has 3 aliphatic rings. The van der Waals surface area contributed by atoms with Crippen LogP contribution in [0.15, 0.2) is 23.8 Å². The summed E-state index contributed by atoms with van der Waals surface area (Å²) in [5, 5.41) is 8.84. The maximum Gasteiger partial charge on any atom is 0.303 e. The lowest BCUT2D eigenvalue weighted by Gasteiger charge is -2.39. The molecule has 0 aromatic rings. The molecule has 0 radical (unpaired) electrons. The van der Waals surface area contributed by atoms with Gasteiger partial charge in [-0.3, -0.25) is 4.79 Å². The quantitative estimate of drug-likeness (QED) is 0.754. The predicted molar refractivity (Wildman–Crippen MR) is 66.5 cm³/mol. The van der Waals surface area contributed by atoms with Crippen LogP contribution in [-0.2, 0) is 4.79 Å². The zero-order valence-corrected chi connectivity index (χ0v) is 10.1. The predicted octanol–water partition coefficient (Wildman–Crippen LogP) is 3.40. The van der Waals surface area contributed by atoms with E-state index in [0.717, 1.165) is 18.3 Å². The molecule has 92 valence electrons. The number of aliphatic carboxylic acids is 1. The summed E-state index contributed by atoms with van der Waals surface area (Å²) in [6, 6.07) is 0. The lowest BCUT2D eigenvalue weighted by atomic mass is 9.65. The summed E-state index contributed by atoms with van der Waals surface area (Å²) in [6.45, 7) is 0. The smallest absolute Gasteiger partial charge is 0.303 e. The van der Waals surface area contributed by atoms with Gasteiger partial charge in [-0.05, 0) is 55.8 Å². The summed E-state index contributed by atoms with van der Waals surface area (Å²) >= 11 is 0. The van der Waals surface area contributed by atoms with Gasteiger partial charge in [-0.15, -0.1) is 0 Å². The Labute approximate surface area is 102 Å². The van der Waals surface area contributed by atoms with Crippen molar-refractivity contribution in [2.24, 2.45) is 23.7 Å². The van der Waals surface area contributed by atoms with Crippen LogP contribution in [0.25, 0.3) is 0 Å². The van der Waals surface area contributed by atoms with Gasteiger partial charge in [-0.25, -0.2) is 0 Å². The lowest BCUT2D eigenvalue weighted by Crippen LogP contribution is -2.34. The van der Waals surface area contributed by atoms with E-state index in [1.54, 1.807) is 5.57 Å². The van der Waals surface area contributed by atoms with Gasteiger partial charge in [0.25, 0.3) is 0 Å². The molecule has 3 rings (SSSR count). The van der Waals surface area contributed by atoms with Crippen molar-refractivity contribution < 1.29 is 9.90 Å². The summed E-state index contributed by atoms with van der Waals surface area (Å²) in [5.41, 5.74) is 1.61. The average molecular weight is 232 g/mol. The normalized spacial score (nSPS) is 35.5. The van der Waals surface area contributed by atoms with E-state index >= 15 is 0 Å². The Bertz CT molecular complexity index is 372. The lowest BCUT2D eigenvalue weighted by molar-refractivity contribution is -0.139. The molecule has 2 nitrogen and oxygen atoms in total. The van der Waals surface area contributed by atoms with Crippen molar-refractivity contribution in [2.45, 2.75) is 38.5 Å². The van der Waals surface area contributed by atoms with Crippen LogP contribution in [0.3, 0.4) is 0 Å². The first kappa shape index (κ1) is 11.1. The van der Waals surface area contributed by atoms with Crippen molar-refractivity contribution in [3.63, 3.8) is 0 Å². The summed E-state index contributed by atoms with van der Waals surface area (Å²) in [5.74, 6) is 2.00. The molecular weight excluding hydrogens is 212 g/mol. The number of carboxylic acid groups (broad SMARTS) is 1. The second kappa shape index (κ2) is 4.32. The van der Waals surface area contributed by atoms with Crippen molar-refractivity contribution in [1.82, 2.24) is 0 Å². The first-order chi connectivity index (χ1) is 8.22. The number of carboxylic acids is 1. The number of hydrogen-bond acceptors (Lipinski definition) is 1. The van der Waals surface area contributed by atoms with Gasteiger partial charge in [0, 0.05) is 6.42 Å². The fourth-order valence-corrected chi connectivity index (χ4v) is 3.87. The van der Waals surface area contributed by atoms with E-state index in [0.29, 0.717) is 18.3 Å². The van der Waals surface area contributed by atoms with E-state index in [2.05, 4.69) is 18.2 Å². The fraction of sp³-hybridized carbons (Fsp3) is 0.667. The monoisotopic (exact) mass is 232 g/mol. The van der Waals surface area contributed by atoms with Crippen LogP contribution in [0.2, 0.25) is 0 Å². The van der Waals surface area contributed by atoms with Gasteiger partial charge >= 0.3 is 5.97 Å². The van der Waals surface area contributed by atoms with Crippen molar-refractivity contribution in [2.75, 3.05) is 0 Å². The Morgan fingerprint density at radius 3 is 2.82 bits per heavy atom. The molecule has 2 unspecified atom stereocenters. The molecule has 0 aromatic heterocycles. The number of fused-ring (bicyclic) bond motifs is 1. The molecule has 0 bridgehead atoms. The van der Waals surface area contributed by atoms with Gasteiger partial charge in [0.05, 0.1) is 0 Å². The van der Waals surface area contributed by atoms with E-state index < -0.39 is 5.97 Å². The zero-order valence-electron chi connectivity index (χ0n) is 10.1. The largest absolute Gasteiger partial charge is 0.481 e. The third-order valence-corrected chi connectivity index (χ3v) is 4.74. The van der Waals surface area contributed by atoms with Gasteiger partial charge in [-0.2, -0.15) is 0 Å². The maximum atomic E-state index is 10.7. The van der Waals surface area contributed by atoms with E-state index in [4.69, 9.17) is 5.11 Å². The SMILES string of the molecule is O=C(O)CC1C[C@H]2CC(CC3CC=CC3)=CC12. The molecule has 3 aliphatic carbocycles. The maximum absolute atomic E-state index is 10.7. The van der Waals surface area contributed by atoms with Crippen LogP contribution in [0.4, 0.5) is 0 Å². The number of carbonyl (C=O) groups is 1. The number of rotatable bonds is 4. The first-order valence-corrected chi connectivity index (χ1v) is 6.78. The third-order valence-electron chi connectivity index (χ3n) is 4.74. The summed E-state index contributed by atoms with van der Waals surface area (Å²) in [6.07, 6.45) is 13.5. The third kappa shape index (κ3) is 2.18. The molecular formula is C15H20O2. The fourth-order valence-electron chi connectivity index (χ4n) is 3.87. The Morgan fingerprint density at radius 1 is 1.35 bits per heavy atom. The molecule has 0 aromatic carbocycles. The average Bonchev–Trinajstić information content (AvgIpc) is 2.85. The van der Waals surface area contributed by atoms with Crippen LogP contribution in [0, 0.1) is 23.7 Å². The van der Waals surface area contributed by atoms with E-state index in [1.807, 2.05) is 0 Å². The van der Waals surface area contributed by atoms with Crippen molar-refractivity contribution in [3.05, 3.63) is 23.8 Å². The number of hydrogen-bond donors (Lipinski definition) is 1. The van der Waals surface area contributed by atoms with E-state index in [-0.39, 0.29) is 0 Å². The minimum Gasteiger partial charge on any atom is -0.481 e. The van der Waals surface area contributed by atoms with E-state index in [9.17, 15) is 4.79 Å². The topological polar surface area (TPSA) is 37.3 Å². The molecule has 0 spiro atoms. The van der Waals surface area contributed by atoms with E-state index in [1.165, 1.54) is 25.7 Å². The highest BCUT2D eigenvalue weighted by Crippen LogP contribution is 2.52. The molecule has 17 heavy (non-hydrogen) atoms. The Morgan fingerprint density at radius 2 is 2.12 bits per heavy atom. The highest BCUT2D eigenvalue weighted by molar-refractivity contribution is 5.67. The van der Waals surface area contributed by atoms with Gasteiger partial charge in [0.2, 0.25) is 0 Å². The second-order valence-corrected chi connectivity index (χ2v) is 5.97. The highest BCUT2D eigenvalue weighted by Gasteiger charge is 2.44. The molecule has 1 saturated carbocycles. The molecule has 3 atom stereocenters. The number of allylic oxidation sites excluding steroid dienone is 4. The molecule has 0 aliphatic heterocycles. The van der Waals surface area contributed by atoms with Crippen molar-refractivity contribution in [1.29, 1.82) is 0 Å².